The molecule has 1 unspecified atom stereocenters. The zero-order valence-electron chi connectivity index (χ0n) is 24.1. The summed E-state index contributed by atoms with van der Waals surface area (Å²) in [7, 11) is 0. The zero-order valence-corrected chi connectivity index (χ0v) is 24.8. The van der Waals surface area contributed by atoms with Crippen LogP contribution in [0.3, 0.4) is 0 Å². The molecule has 11 heteroatoms. The molecular weight excluding hydrogens is 562 g/mol. The number of anilines is 2. The zero-order chi connectivity index (χ0) is 31.0. The van der Waals surface area contributed by atoms with Crippen LogP contribution in [-0.4, -0.2) is 45.5 Å². The molecule has 3 amide bonds. The van der Waals surface area contributed by atoms with Gasteiger partial charge in [0.25, 0.3) is 5.91 Å². The van der Waals surface area contributed by atoms with Gasteiger partial charge in [-0.05, 0) is 81.3 Å². The molecule has 0 spiro atoms. The molecule has 0 aliphatic carbocycles. The van der Waals surface area contributed by atoms with E-state index in [1.807, 2.05) is 0 Å². The smallest absolute Gasteiger partial charge is 0.417 e. The first-order valence-electron chi connectivity index (χ1n) is 13.2. The average Bonchev–Trinajstić information content (AvgIpc) is 2.90. The highest BCUT2D eigenvalue weighted by Crippen LogP contribution is 2.33. The van der Waals surface area contributed by atoms with Crippen LogP contribution in [0.15, 0.2) is 66.7 Å². The largest absolute Gasteiger partial charge is 0.480 e. The second-order valence-electron chi connectivity index (χ2n) is 10.5. The molecule has 222 valence electrons. The number of imide groups is 1. The highest BCUT2D eigenvalue weighted by atomic mass is 35.5. The van der Waals surface area contributed by atoms with Crippen molar-refractivity contribution in [3.8, 4) is 11.5 Å². The molecule has 0 aliphatic rings. The molecule has 3 rings (SSSR count). The van der Waals surface area contributed by atoms with E-state index >= 15 is 0 Å². The second kappa shape index (κ2) is 13.9. The van der Waals surface area contributed by atoms with Crippen molar-refractivity contribution in [2.24, 2.45) is 0 Å². The Hall–Kier alpha value is -4.57. The van der Waals surface area contributed by atoms with E-state index in [4.69, 9.17) is 21.1 Å². The fourth-order valence-electron chi connectivity index (χ4n) is 3.83. The number of aliphatic carboxylic acids is 1. The number of nitrogens with one attached hydrogen (secondary N) is 2. The minimum Gasteiger partial charge on any atom is -0.480 e. The molecule has 10 nitrogen and oxygen atoms in total. The van der Waals surface area contributed by atoms with Crippen molar-refractivity contribution in [3.63, 3.8) is 0 Å². The molecule has 42 heavy (non-hydrogen) atoms. The Morgan fingerprint density at radius 3 is 2.29 bits per heavy atom. The monoisotopic (exact) mass is 595 g/mol. The fourth-order valence-corrected chi connectivity index (χ4v) is 4.00. The highest BCUT2D eigenvalue weighted by molar-refractivity contribution is 6.30. The lowest BCUT2D eigenvalue weighted by Crippen LogP contribution is -2.40. The Kier molecular flexibility index (Phi) is 10.5. The molecule has 0 saturated heterocycles. The van der Waals surface area contributed by atoms with Gasteiger partial charge in [0.05, 0.1) is 12.2 Å². The summed E-state index contributed by atoms with van der Waals surface area (Å²) in [5.41, 5.74) is 0.887. The topological polar surface area (TPSA) is 134 Å². The maximum Gasteiger partial charge on any atom is 0.417 e. The number of hydrogen-bond donors (Lipinski definition) is 3. The quantitative estimate of drug-likeness (QED) is 0.229. The van der Waals surface area contributed by atoms with Crippen molar-refractivity contribution in [1.29, 1.82) is 0 Å². The van der Waals surface area contributed by atoms with Gasteiger partial charge in [0.2, 0.25) is 5.91 Å². The number of carboxylic acids is 1. The van der Waals surface area contributed by atoms with Gasteiger partial charge in [-0.3, -0.25) is 9.59 Å². The van der Waals surface area contributed by atoms with E-state index in [9.17, 15) is 24.3 Å². The van der Waals surface area contributed by atoms with E-state index < -0.39 is 29.6 Å². The number of benzene rings is 3. The Bertz CT molecular complexity index is 1450. The van der Waals surface area contributed by atoms with Gasteiger partial charge in [-0.2, -0.15) is 0 Å². The summed E-state index contributed by atoms with van der Waals surface area (Å²) in [5, 5.41) is 15.4. The first kappa shape index (κ1) is 32.0. The predicted molar refractivity (Wildman–Crippen MR) is 160 cm³/mol. The van der Waals surface area contributed by atoms with Crippen molar-refractivity contribution < 1.29 is 33.8 Å². The number of nitrogens with zero attached hydrogens (tertiary/aromatic N) is 1. The number of halogens is 1. The third-order valence-corrected chi connectivity index (χ3v) is 5.99. The first-order chi connectivity index (χ1) is 19.8. The lowest BCUT2D eigenvalue weighted by atomic mass is 10.1. The van der Waals surface area contributed by atoms with Crippen LogP contribution in [0.2, 0.25) is 5.02 Å². The predicted octanol–water partition coefficient (Wildman–Crippen LogP) is 6.94. The number of carbonyl (C=O) groups excluding carboxylic acids is 3. The molecule has 0 bridgehead atoms. The van der Waals surface area contributed by atoms with E-state index in [-0.39, 0.29) is 18.0 Å². The maximum absolute atomic E-state index is 13.5. The summed E-state index contributed by atoms with van der Waals surface area (Å²) in [6.07, 6.45) is -0.484. The van der Waals surface area contributed by atoms with Crippen molar-refractivity contribution in [1.82, 2.24) is 4.90 Å². The molecule has 0 aromatic heterocycles. The maximum atomic E-state index is 13.5. The second-order valence-corrected chi connectivity index (χ2v) is 10.9. The summed E-state index contributed by atoms with van der Waals surface area (Å²) in [6, 6.07) is 16.9. The summed E-state index contributed by atoms with van der Waals surface area (Å²) >= 11 is 6.19. The Labute approximate surface area is 249 Å². The van der Waals surface area contributed by atoms with Crippen LogP contribution in [0.1, 0.15) is 57.0 Å². The molecule has 3 aromatic carbocycles. The summed E-state index contributed by atoms with van der Waals surface area (Å²) in [5.74, 6) is -1.17. The number of carboxylic acid groups (broad SMARTS) is 1. The van der Waals surface area contributed by atoms with Crippen LogP contribution in [0, 0.1) is 0 Å². The minimum absolute atomic E-state index is 0.129. The molecule has 0 radical (unpaired) electrons. The van der Waals surface area contributed by atoms with Gasteiger partial charge in [-0.25, -0.2) is 14.5 Å². The standard InChI is InChI=1S/C31H34ClN3O7/c1-6-25(29(38)39)34-26-15-12-22(32)17-27(26)41-24-9-7-8-20(16-24)18-35(30(40)42-31(3,4)5)28(37)21-10-13-23(14-11-21)33-19(2)36/h7-17,25,34H,6,18H2,1-5H3,(H,33,36)(H,38,39). The number of rotatable bonds is 10. The minimum atomic E-state index is -1.00. The Morgan fingerprint density at radius 2 is 1.69 bits per heavy atom. The van der Waals surface area contributed by atoms with Crippen molar-refractivity contribution >= 4 is 46.9 Å². The average molecular weight is 596 g/mol. The van der Waals surface area contributed by atoms with Gasteiger partial charge in [0.15, 0.2) is 5.75 Å². The van der Waals surface area contributed by atoms with Crippen LogP contribution in [-0.2, 0) is 20.9 Å². The molecule has 3 aromatic rings. The normalized spacial score (nSPS) is 11.7. The van der Waals surface area contributed by atoms with E-state index in [2.05, 4.69) is 10.6 Å². The number of hydrogen-bond acceptors (Lipinski definition) is 7. The van der Waals surface area contributed by atoms with E-state index in [0.717, 1.165) is 4.90 Å². The van der Waals surface area contributed by atoms with Crippen LogP contribution < -0.4 is 15.4 Å². The first-order valence-corrected chi connectivity index (χ1v) is 13.6. The Morgan fingerprint density at radius 1 is 1.00 bits per heavy atom. The lowest BCUT2D eigenvalue weighted by Gasteiger charge is -2.26. The molecule has 0 saturated carbocycles. The number of amides is 3. The van der Waals surface area contributed by atoms with Gasteiger partial charge >= 0.3 is 12.1 Å². The lowest BCUT2D eigenvalue weighted by molar-refractivity contribution is -0.138. The molecule has 0 aliphatic heterocycles. The summed E-state index contributed by atoms with van der Waals surface area (Å²) in [4.78, 5) is 50.5. The van der Waals surface area contributed by atoms with E-state index in [1.165, 1.54) is 19.1 Å². The molecular formula is C31H34ClN3O7. The molecule has 0 fully saturated rings. The van der Waals surface area contributed by atoms with Gasteiger partial charge < -0.3 is 25.2 Å². The summed E-state index contributed by atoms with van der Waals surface area (Å²) in [6.45, 7) is 8.11. The molecule has 3 N–H and O–H groups in total. The summed E-state index contributed by atoms with van der Waals surface area (Å²) < 4.78 is 11.6. The SMILES string of the molecule is CCC(Nc1ccc(Cl)cc1Oc1cccc(CN(C(=O)OC(C)(C)C)C(=O)c2ccc(NC(C)=O)cc2)c1)C(=O)O. The third-order valence-electron chi connectivity index (χ3n) is 5.76. The van der Waals surface area contributed by atoms with E-state index in [1.54, 1.807) is 82.3 Å². The Balaban J connectivity index is 1.89. The fraction of sp³-hybridized carbons (Fsp3) is 0.290. The van der Waals surface area contributed by atoms with Gasteiger partial charge in [-0.15, -0.1) is 0 Å². The van der Waals surface area contributed by atoms with Crippen LogP contribution in [0.4, 0.5) is 16.2 Å². The molecule has 1 atom stereocenters. The molecule has 0 heterocycles. The van der Waals surface area contributed by atoms with Crippen molar-refractivity contribution in [3.05, 3.63) is 82.9 Å². The third kappa shape index (κ3) is 9.24. The van der Waals surface area contributed by atoms with Crippen molar-refractivity contribution in [2.75, 3.05) is 10.6 Å². The van der Waals surface area contributed by atoms with Gasteiger partial charge in [-0.1, -0.05) is 30.7 Å². The van der Waals surface area contributed by atoms with Gasteiger partial charge in [0.1, 0.15) is 17.4 Å². The van der Waals surface area contributed by atoms with Crippen LogP contribution >= 0.6 is 11.6 Å². The van der Waals surface area contributed by atoms with Crippen LogP contribution in [0.5, 0.6) is 11.5 Å². The van der Waals surface area contributed by atoms with Crippen molar-refractivity contribution in [2.45, 2.75) is 59.2 Å². The highest BCUT2D eigenvalue weighted by Gasteiger charge is 2.28. The number of carbonyl (C=O) groups is 4. The number of ether oxygens (including phenoxy) is 2. The van der Waals surface area contributed by atoms with Crippen LogP contribution in [0.25, 0.3) is 0 Å². The van der Waals surface area contributed by atoms with E-state index in [0.29, 0.717) is 39.9 Å². The van der Waals surface area contributed by atoms with Gasteiger partial charge in [0, 0.05) is 29.3 Å².